The number of ether oxygens (including phenoxy) is 2. The molecule has 5 rings (SSSR count). The summed E-state index contributed by atoms with van der Waals surface area (Å²) in [7, 11) is 1.57. The second kappa shape index (κ2) is 14.3. The molecule has 5 atom stereocenters. The van der Waals surface area contributed by atoms with Crippen LogP contribution in [0.4, 0.5) is 4.79 Å². The van der Waals surface area contributed by atoms with E-state index in [9.17, 15) is 24.3 Å². The summed E-state index contributed by atoms with van der Waals surface area (Å²) in [5, 5.41) is 27.7. The number of amides is 4. The Hall–Kier alpha value is -5.17. The minimum absolute atomic E-state index is 0.0149. The maximum absolute atomic E-state index is 13.8. The number of urea groups is 1. The Morgan fingerprint density at radius 2 is 1.90 bits per heavy atom. The SMILES string of the molecule is C=C[C@@H]1C[C@]1(NC(=O)[C@@H]1C[C@@H](Oc2cc(-c3ccccc3)nc3cc(OC)ccc23)CN1C(=O)NC(C(=O)NCCO)C(C)C)C(=O)O. The first-order valence-corrected chi connectivity index (χ1v) is 15.9. The first kappa shape index (κ1) is 34.2. The summed E-state index contributed by atoms with van der Waals surface area (Å²) in [6, 6.07) is 14.0. The van der Waals surface area contributed by atoms with Crippen molar-refractivity contribution in [2.75, 3.05) is 26.8 Å². The Bertz CT molecular complexity index is 1700. The fourth-order valence-corrected chi connectivity index (χ4v) is 6.05. The van der Waals surface area contributed by atoms with E-state index in [1.54, 1.807) is 39.2 Å². The molecule has 2 aliphatic rings. The summed E-state index contributed by atoms with van der Waals surface area (Å²) in [6.45, 7) is 6.92. The molecule has 1 aliphatic carbocycles. The highest BCUT2D eigenvalue weighted by molar-refractivity contribution is 5.95. The van der Waals surface area contributed by atoms with Crippen molar-refractivity contribution < 1.29 is 38.9 Å². The van der Waals surface area contributed by atoms with Gasteiger partial charge < -0.3 is 40.5 Å². The number of aliphatic hydroxyl groups excluding tert-OH is 1. The number of aliphatic hydroxyl groups is 1. The number of hydrogen-bond acceptors (Lipinski definition) is 8. The summed E-state index contributed by atoms with van der Waals surface area (Å²) in [4.78, 5) is 58.7. The number of aliphatic carboxylic acids is 1. The number of benzene rings is 2. The molecule has 2 heterocycles. The second-order valence-electron chi connectivity index (χ2n) is 12.4. The third-order valence-electron chi connectivity index (χ3n) is 8.83. The predicted molar refractivity (Wildman–Crippen MR) is 177 cm³/mol. The monoisotopic (exact) mass is 659 g/mol. The van der Waals surface area contributed by atoms with Crippen LogP contribution in [0.2, 0.25) is 0 Å². The summed E-state index contributed by atoms with van der Waals surface area (Å²) >= 11 is 0. The van der Waals surface area contributed by atoms with Gasteiger partial charge in [-0.15, -0.1) is 6.58 Å². The summed E-state index contributed by atoms with van der Waals surface area (Å²) in [6.07, 6.45) is 1.05. The number of nitrogens with zero attached hydrogens (tertiary/aromatic N) is 2. The van der Waals surface area contributed by atoms with E-state index < -0.39 is 53.5 Å². The van der Waals surface area contributed by atoms with Crippen LogP contribution in [0.25, 0.3) is 22.2 Å². The fourth-order valence-electron chi connectivity index (χ4n) is 6.05. The van der Waals surface area contributed by atoms with Gasteiger partial charge in [-0.3, -0.25) is 9.59 Å². The van der Waals surface area contributed by atoms with Crippen molar-refractivity contribution >= 4 is 34.7 Å². The molecule has 1 unspecified atom stereocenters. The van der Waals surface area contributed by atoms with Crippen LogP contribution in [0.15, 0.2) is 67.3 Å². The van der Waals surface area contributed by atoms with Crippen LogP contribution >= 0.6 is 0 Å². The molecule has 1 saturated heterocycles. The number of nitrogens with one attached hydrogen (secondary N) is 3. The number of fused-ring (bicyclic) bond motifs is 1. The van der Waals surface area contributed by atoms with Crippen LogP contribution in [-0.4, -0.2) is 94.4 Å². The number of hydrogen-bond donors (Lipinski definition) is 5. The van der Waals surface area contributed by atoms with Gasteiger partial charge in [0.2, 0.25) is 11.8 Å². The molecule has 48 heavy (non-hydrogen) atoms. The highest BCUT2D eigenvalue weighted by Crippen LogP contribution is 2.45. The van der Waals surface area contributed by atoms with E-state index in [0.717, 1.165) is 5.56 Å². The van der Waals surface area contributed by atoms with E-state index in [0.29, 0.717) is 28.1 Å². The summed E-state index contributed by atoms with van der Waals surface area (Å²) in [5.41, 5.74) is 0.620. The number of rotatable bonds is 13. The van der Waals surface area contributed by atoms with Crippen molar-refractivity contribution in [3.05, 3.63) is 67.3 Å². The number of carbonyl (C=O) groups is 4. The second-order valence-corrected chi connectivity index (χ2v) is 12.4. The zero-order valence-electron chi connectivity index (χ0n) is 27.1. The lowest BCUT2D eigenvalue weighted by molar-refractivity contribution is -0.144. The number of carbonyl (C=O) groups excluding carboxylic acids is 3. The molecule has 0 bridgehead atoms. The quantitative estimate of drug-likeness (QED) is 0.173. The van der Waals surface area contributed by atoms with Gasteiger partial charge in [0.15, 0.2) is 0 Å². The minimum Gasteiger partial charge on any atom is -0.497 e. The van der Waals surface area contributed by atoms with Gasteiger partial charge in [-0.25, -0.2) is 14.6 Å². The molecule has 0 spiro atoms. The first-order chi connectivity index (χ1) is 23.0. The third-order valence-corrected chi connectivity index (χ3v) is 8.83. The number of likely N-dealkylation sites (tertiary alicyclic amines) is 1. The zero-order chi connectivity index (χ0) is 34.6. The first-order valence-electron chi connectivity index (χ1n) is 15.9. The van der Waals surface area contributed by atoms with Crippen LogP contribution in [0.1, 0.15) is 26.7 Å². The van der Waals surface area contributed by atoms with Crippen LogP contribution in [0, 0.1) is 11.8 Å². The number of carboxylic acid groups (broad SMARTS) is 1. The molecule has 4 amide bonds. The Morgan fingerprint density at radius 1 is 1.15 bits per heavy atom. The lowest BCUT2D eigenvalue weighted by Crippen LogP contribution is -2.58. The Morgan fingerprint density at radius 3 is 2.52 bits per heavy atom. The van der Waals surface area contributed by atoms with E-state index in [1.807, 2.05) is 36.4 Å². The van der Waals surface area contributed by atoms with Gasteiger partial charge in [-0.05, 0) is 24.5 Å². The highest BCUT2D eigenvalue weighted by Gasteiger charge is 2.61. The topological polar surface area (TPSA) is 179 Å². The Balaban J connectivity index is 1.46. The van der Waals surface area contributed by atoms with Gasteiger partial charge in [-0.1, -0.05) is 50.3 Å². The van der Waals surface area contributed by atoms with Gasteiger partial charge in [0.1, 0.15) is 35.2 Å². The largest absolute Gasteiger partial charge is 0.497 e. The van der Waals surface area contributed by atoms with Gasteiger partial charge >= 0.3 is 12.0 Å². The molecule has 1 aromatic heterocycles. The minimum atomic E-state index is -1.50. The fraction of sp³-hybridized carbons (Fsp3) is 0.400. The van der Waals surface area contributed by atoms with Gasteiger partial charge in [-0.2, -0.15) is 0 Å². The lowest BCUT2D eigenvalue weighted by atomic mass is 10.0. The van der Waals surface area contributed by atoms with Crippen molar-refractivity contribution in [1.82, 2.24) is 25.8 Å². The van der Waals surface area contributed by atoms with Crippen molar-refractivity contribution in [2.24, 2.45) is 11.8 Å². The van der Waals surface area contributed by atoms with Crippen LogP contribution in [-0.2, 0) is 14.4 Å². The van der Waals surface area contributed by atoms with Crippen molar-refractivity contribution in [1.29, 1.82) is 0 Å². The maximum Gasteiger partial charge on any atom is 0.330 e. The van der Waals surface area contributed by atoms with Crippen molar-refractivity contribution in [2.45, 2.75) is 50.4 Å². The lowest BCUT2D eigenvalue weighted by Gasteiger charge is -2.29. The van der Waals surface area contributed by atoms with Crippen LogP contribution in [0.5, 0.6) is 11.5 Å². The number of methoxy groups -OCH3 is 1. The highest BCUT2D eigenvalue weighted by atomic mass is 16.5. The standard InChI is InChI=1S/C35H41N5O8/c1-5-22-18-35(22,33(44)45)39-31(42)28-16-24(19-40(28)34(46)38-30(20(2)3)32(43)36-13-14-41)48-29-17-26(21-9-7-6-8-10-21)37-27-15-23(47-4)11-12-25(27)29/h5-12,15,17,20,22,24,28,30,41H,1,13-14,16,18-19H2,2-4H3,(H,36,43)(H,38,46)(H,39,42)(H,44,45)/t22-,24-,28+,30?,35-/m1/s1. The van der Waals surface area contributed by atoms with E-state index in [1.165, 1.54) is 11.0 Å². The van der Waals surface area contributed by atoms with Crippen molar-refractivity contribution in [3.8, 4) is 22.8 Å². The number of aromatic nitrogens is 1. The molecule has 254 valence electrons. The average Bonchev–Trinajstić information content (AvgIpc) is 3.65. The summed E-state index contributed by atoms with van der Waals surface area (Å²) in [5.74, 6) is -2.00. The Labute approximate surface area is 278 Å². The van der Waals surface area contributed by atoms with E-state index in [-0.39, 0.29) is 38.5 Å². The molecule has 2 fully saturated rings. The van der Waals surface area contributed by atoms with Crippen molar-refractivity contribution in [3.63, 3.8) is 0 Å². The third kappa shape index (κ3) is 7.05. The molecular weight excluding hydrogens is 618 g/mol. The smallest absolute Gasteiger partial charge is 0.330 e. The van der Waals surface area contributed by atoms with E-state index >= 15 is 0 Å². The zero-order valence-corrected chi connectivity index (χ0v) is 27.1. The van der Waals surface area contributed by atoms with Gasteiger partial charge in [0.25, 0.3) is 0 Å². The van der Waals surface area contributed by atoms with E-state index in [4.69, 9.17) is 19.6 Å². The molecule has 1 aliphatic heterocycles. The van der Waals surface area contributed by atoms with Crippen LogP contribution < -0.4 is 25.4 Å². The maximum atomic E-state index is 13.8. The van der Waals surface area contributed by atoms with Gasteiger partial charge in [0, 0.05) is 42.0 Å². The molecular formula is C35H41N5O8. The van der Waals surface area contributed by atoms with E-state index in [2.05, 4.69) is 22.5 Å². The normalized spacial score (nSPS) is 22.1. The predicted octanol–water partition coefficient (Wildman–Crippen LogP) is 2.72. The molecule has 13 nitrogen and oxygen atoms in total. The van der Waals surface area contributed by atoms with Crippen LogP contribution in [0.3, 0.4) is 0 Å². The molecule has 2 aromatic carbocycles. The Kier molecular flexibility index (Phi) is 10.2. The molecule has 0 radical (unpaired) electrons. The molecule has 13 heteroatoms. The molecule has 3 aromatic rings. The summed E-state index contributed by atoms with van der Waals surface area (Å²) < 4.78 is 12.0. The number of pyridine rings is 1. The molecule has 1 saturated carbocycles. The molecule has 5 N–H and O–H groups in total. The van der Waals surface area contributed by atoms with Gasteiger partial charge in [0.05, 0.1) is 31.5 Å². The average molecular weight is 660 g/mol. The number of carboxylic acids is 1.